The summed E-state index contributed by atoms with van der Waals surface area (Å²) in [6.45, 7) is 5.48. The van der Waals surface area contributed by atoms with E-state index in [0.717, 1.165) is 67.2 Å². The van der Waals surface area contributed by atoms with Gasteiger partial charge in [0.25, 0.3) is 0 Å². The van der Waals surface area contributed by atoms with E-state index in [4.69, 9.17) is 30.2 Å². The van der Waals surface area contributed by atoms with Crippen molar-refractivity contribution in [1.82, 2.24) is 29.8 Å². The van der Waals surface area contributed by atoms with Gasteiger partial charge in [-0.15, -0.1) is 23.1 Å². The number of halogens is 3. The molecule has 8 heterocycles. The summed E-state index contributed by atoms with van der Waals surface area (Å²) in [6.07, 6.45) is 1.25. The number of alkyl halides is 3. The van der Waals surface area contributed by atoms with Gasteiger partial charge < -0.3 is 30.1 Å². The minimum atomic E-state index is -4.58. The largest absolute Gasteiger partial charge is 0.476 e. The average molecular weight is 731 g/mol. The smallest absolute Gasteiger partial charge is 0.433 e. The van der Waals surface area contributed by atoms with Crippen molar-refractivity contribution >= 4 is 40.0 Å². The van der Waals surface area contributed by atoms with Gasteiger partial charge in [-0.05, 0) is 52.0 Å². The van der Waals surface area contributed by atoms with Crippen molar-refractivity contribution in [2.45, 2.75) is 79.3 Å². The first-order valence-corrected chi connectivity index (χ1v) is 18.5. The number of hydrogen-bond donors (Lipinski definition) is 2. The Morgan fingerprint density at radius 1 is 1.06 bits per heavy atom. The fourth-order valence-electron chi connectivity index (χ4n) is 8.25. The summed E-state index contributed by atoms with van der Waals surface area (Å²) < 4.78 is 51.4. The third-order valence-corrected chi connectivity index (χ3v) is 13.3. The second kappa shape index (κ2) is 12.2. The van der Waals surface area contributed by atoms with Crippen LogP contribution in [0.3, 0.4) is 0 Å². The highest BCUT2D eigenvalue weighted by Crippen LogP contribution is 2.58. The minimum Gasteiger partial charge on any atom is -0.476 e. The zero-order valence-corrected chi connectivity index (χ0v) is 29.1. The van der Waals surface area contributed by atoms with Crippen LogP contribution in [0.2, 0.25) is 0 Å². The fraction of sp³-hybridized carbons (Fsp3) is 0.625. The van der Waals surface area contributed by atoms with Crippen molar-refractivity contribution in [3.8, 4) is 18.0 Å². The second-order valence-electron chi connectivity index (χ2n) is 14.2. The van der Waals surface area contributed by atoms with Crippen molar-refractivity contribution in [2.75, 3.05) is 61.5 Å². The Morgan fingerprint density at radius 2 is 1.84 bits per heavy atom. The molecule has 3 aromatic rings. The normalized spacial score (nSPS) is 27.2. The van der Waals surface area contributed by atoms with Gasteiger partial charge >= 0.3 is 12.2 Å². The first kappa shape index (κ1) is 33.5. The number of aliphatic hydroxyl groups is 1. The number of nitrogen functional groups attached to an aromatic ring is 1. The quantitative estimate of drug-likeness (QED) is 0.343. The predicted octanol–water partition coefficient (Wildman–Crippen LogP) is 3.96. The number of hydrogen-bond acceptors (Lipinski definition) is 15. The molecule has 0 saturated carbocycles. The lowest BCUT2D eigenvalue weighted by Gasteiger charge is -2.48. The number of aromatic nitrogens is 5. The standard InChI is InChI=1S/C32H37F3N10O3S2/c1-29(46)5-2-8-43(14-29)26-40-27(44-15-31(16-44)24-20(11-36)25(37)50-21(24)13-49-31)42-28(41-26)48-17-30-6-3-9-45(30)19(4-7-30)12-47-23-10-22(32(33,34)35)38-18-39-23/h10,18-19,46H,2-9,12-17,37H2,1H3/t19-,29+,30-/m0/s1. The molecular formula is C32H37F3N10O3S2. The Hall–Kier alpha value is -3.66. The highest BCUT2D eigenvalue weighted by atomic mass is 32.2. The maximum absolute atomic E-state index is 13.2. The van der Waals surface area contributed by atoms with E-state index >= 15 is 0 Å². The Kier molecular flexibility index (Phi) is 8.20. The van der Waals surface area contributed by atoms with E-state index in [-0.39, 0.29) is 34.8 Å². The van der Waals surface area contributed by atoms with E-state index in [0.29, 0.717) is 61.7 Å². The monoisotopic (exact) mass is 730 g/mol. The lowest BCUT2D eigenvalue weighted by atomic mass is 9.88. The molecule has 13 nitrogen and oxygen atoms in total. The van der Waals surface area contributed by atoms with Gasteiger partial charge in [0, 0.05) is 54.5 Å². The first-order valence-electron chi connectivity index (χ1n) is 16.7. The molecule has 266 valence electrons. The Labute approximate surface area is 295 Å². The maximum Gasteiger partial charge on any atom is 0.433 e. The average Bonchev–Trinajstić information content (AvgIpc) is 3.81. The van der Waals surface area contributed by atoms with Gasteiger partial charge in [-0.3, -0.25) is 4.90 Å². The molecule has 50 heavy (non-hydrogen) atoms. The molecule has 3 N–H and O–H groups in total. The molecule has 0 aromatic carbocycles. The molecule has 0 amide bonds. The van der Waals surface area contributed by atoms with Crippen molar-refractivity contribution < 1.29 is 27.8 Å². The fourth-order valence-corrected chi connectivity index (χ4v) is 11.1. The molecule has 0 radical (unpaired) electrons. The van der Waals surface area contributed by atoms with E-state index in [9.17, 15) is 23.5 Å². The van der Waals surface area contributed by atoms with Gasteiger partial charge in [0.15, 0.2) is 5.69 Å². The van der Waals surface area contributed by atoms with Gasteiger partial charge in [0.05, 0.1) is 21.5 Å². The van der Waals surface area contributed by atoms with Crippen LogP contribution in [0.4, 0.5) is 30.1 Å². The van der Waals surface area contributed by atoms with Crippen LogP contribution in [0.1, 0.15) is 67.1 Å². The number of nitrogens with two attached hydrogens (primary N) is 1. The summed E-state index contributed by atoms with van der Waals surface area (Å²) in [4.78, 5) is 29.2. The van der Waals surface area contributed by atoms with E-state index in [1.54, 1.807) is 0 Å². The molecule has 0 bridgehead atoms. The summed E-state index contributed by atoms with van der Waals surface area (Å²) in [5.41, 5.74) is 5.61. The van der Waals surface area contributed by atoms with Crippen LogP contribution in [0, 0.1) is 11.3 Å². The maximum atomic E-state index is 13.2. The van der Waals surface area contributed by atoms with E-state index in [1.165, 1.54) is 11.3 Å². The molecule has 4 fully saturated rings. The van der Waals surface area contributed by atoms with Gasteiger partial charge in [-0.2, -0.15) is 33.4 Å². The molecule has 8 rings (SSSR count). The van der Waals surface area contributed by atoms with Crippen LogP contribution in [0.5, 0.6) is 11.9 Å². The van der Waals surface area contributed by atoms with Crippen LogP contribution < -0.4 is 25.0 Å². The van der Waals surface area contributed by atoms with E-state index < -0.39 is 17.5 Å². The molecule has 18 heteroatoms. The predicted molar refractivity (Wildman–Crippen MR) is 180 cm³/mol. The van der Waals surface area contributed by atoms with Crippen LogP contribution in [-0.2, 0) is 16.7 Å². The summed E-state index contributed by atoms with van der Waals surface area (Å²) in [7, 11) is 0. The number of thioether (sulfide) groups is 1. The number of thiophene rings is 1. The molecule has 0 aliphatic carbocycles. The number of rotatable bonds is 8. The minimum absolute atomic E-state index is 0.0130. The summed E-state index contributed by atoms with van der Waals surface area (Å²) in [6, 6.07) is 3.33. The summed E-state index contributed by atoms with van der Waals surface area (Å²) >= 11 is 3.32. The lowest BCUT2D eigenvalue weighted by Crippen LogP contribution is -2.57. The molecular weight excluding hydrogens is 694 g/mol. The van der Waals surface area contributed by atoms with Crippen LogP contribution in [-0.4, -0.2) is 98.0 Å². The van der Waals surface area contributed by atoms with Gasteiger partial charge in [0.2, 0.25) is 17.8 Å². The molecule has 0 unspecified atom stereocenters. The third-order valence-electron chi connectivity index (χ3n) is 10.6. The zero-order valence-electron chi connectivity index (χ0n) is 27.4. The van der Waals surface area contributed by atoms with Crippen LogP contribution in [0.25, 0.3) is 0 Å². The second-order valence-corrected chi connectivity index (χ2v) is 16.7. The van der Waals surface area contributed by atoms with Gasteiger partial charge in [-0.1, -0.05) is 0 Å². The van der Waals surface area contributed by atoms with Gasteiger partial charge in [-0.25, -0.2) is 9.97 Å². The number of nitrogens with zero attached hydrogens (tertiary/aromatic N) is 9. The van der Waals surface area contributed by atoms with Crippen molar-refractivity contribution in [1.29, 1.82) is 5.26 Å². The van der Waals surface area contributed by atoms with E-state index in [1.807, 2.05) is 23.6 Å². The van der Waals surface area contributed by atoms with Crippen molar-refractivity contribution in [2.24, 2.45) is 0 Å². The summed E-state index contributed by atoms with van der Waals surface area (Å²) in [5.74, 6) is 1.65. The number of β-amino-alcohol motifs (C(OH)–C–C–N with tert-alkyl or cyclic N) is 1. The van der Waals surface area contributed by atoms with E-state index in [2.05, 4.69) is 25.8 Å². The molecule has 1 spiro atoms. The Balaban J connectivity index is 0.998. The number of ether oxygens (including phenoxy) is 2. The zero-order chi connectivity index (χ0) is 34.9. The Bertz CT molecular complexity index is 1830. The third kappa shape index (κ3) is 5.95. The van der Waals surface area contributed by atoms with Gasteiger partial charge in [0.1, 0.15) is 30.6 Å². The lowest BCUT2D eigenvalue weighted by molar-refractivity contribution is -0.141. The topological polar surface area (TPSA) is 163 Å². The van der Waals surface area contributed by atoms with Crippen molar-refractivity contribution in [3.05, 3.63) is 34.1 Å². The number of fused-ring (bicyclic) bond motifs is 3. The first-order chi connectivity index (χ1) is 23.9. The van der Waals surface area contributed by atoms with Crippen molar-refractivity contribution in [3.63, 3.8) is 0 Å². The molecule has 4 saturated heterocycles. The number of anilines is 3. The Morgan fingerprint density at radius 3 is 2.60 bits per heavy atom. The molecule has 5 aliphatic rings. The molecule has 3 atom stereocenters. The molecule has 5 aliphatic heterocycles. The highest BCUT2D eigenvalue weighted by Gasteiger charge is 2.54. The number of piperidine rings is 1. The van der Waals surface area contributed by atoms with Crippen LogP contribution in [0.15, 0.2) is 12.4 Å². The number of nitriles is 1. The van der Waals surface area contributed by atoms with Crippen LogP contribution >= 0.6 is 23.1 Å². The summed E-state index contributed by atoms with van der Waals surface area (Å²) in [5, 5.41) is 21.3. The molecule has 3 aromatic heterocycles. The SMILES string of the molecule is C[C@@]1(O)CCCN(c2nc(OC[C@@]34CCCN3[C@H](COc3cc(C(F)(F)F)ncn3)CC4)nc(N3CC4(C3)SCc3sc(N)c(C#N)c34)n2)C1. The highest BCUT2D eigenvalue weighted by molar-refractivity contribution is 8.00.